The fourth-order valence-corrected chi connectivity index (χ4v) is 3.70. The van der Waals surface area contributed by atoms with Gasteiger partial charge in [0.1, 0.15) is 11.6 Å². The van der Waals surface area contributed by atoms with Gasteiger partial charge in [0, 0.05) is 24.7 Å². The number of hydrogen-bond donors (Lipinski definition) is 1. The summed E-state index contributed by atoms with van der Waals surface area (Å²) in [5.41, 5.74) is 2.13. The SMILES string of the molecule is CCOc1ccc(-c2cnnc(Nc3cc(N4C[C@@H](C)O[C@@H](C)C4)ncc3F)c2)cc1. The number of aromatic nitrogens is 3. The van der Waals surface area contributed by atoms with Gasteiger partial charge in [0.25, 0.3) is 0 Å². The van der Waals surface area contributed by atoms with Crippen molar-refractivity contribution in [3.05, 3.63) is 54.6 Å². The number of morpholine rings is 1. The predicted molar refractivity (Wildman–Crippen MR) is 118 cm³/mol. The van der Waals surface area contributed by atoms with Crippen LogP contribution in [0.2, 0.25) is 0 Å². The highest BCUT2D eigenvalue weighted by Gasteiger charge is 2.24. The lowest BCUT2D eigenvalue weighted by Crippen LogP contribution is -2.45. The molecule has 0 unspecified atom stereocenters. The molecular weight excluding hydrogens is 397 g/mol. The number of halogens is 1. The number of rotatable bonds is 6. The summed E-state index contributed by atoms with van der Waals surface area (Å²) in [6.45, 7) is 8.01. The van der Waals surface area contributed by atoms with Gasteiger partial charge in [-0.05, 0) is 44.5 Å². The normalized spacial score (nSPS) is 18.6. The molecule has 0 bridgehead atoms. The molecule has 8 heteroatoms. The van der Waals surface area contributed by atoms with Crippen molar-refractivity contribution in [2.24, 2.45) is 0 Å². The minimum Gasteiger partial charge on any atom is -0.494 e. The van der Waals surface area contributed by atoms with E-state index in [1.807, 2.05) is 51.1 Å². The highest BCUT2D eigenvalue weighted by Crippen LogP contribution is 2.27. The molecule has 0 aliphatic carbocycles. The molecule has 1 aliphatic rings. The van der Waals surface area contributed by atoms with Crippen molar-refractivity contribution < 1.29 is 13.9 Å². The molecular formula is C23H26FN5O2. The van der Waals surface area contributed by atoms with E-state index in [2.05, 4.69) is 25.4 Å². The second-order valence-corrected chi connectivity index (χ2v) is 7.60. The molecule has 3 heterocycles. The van der Waals surface area contributed by atoms with E-state index in [1.165, 1.54) is 6.20 Å². The lowest BCUT2D eigenvalue weighted by atomic mass is 10.1. The zero-order valence-corrected chi connectivity index (χ0v) is 17.9. The Labute approximate surface area is 181 Å². The van der Waals surface area contributed by atoms with E-state index in [9.17, 15) is 4.39 Å². The Balaban J connectivity index is 1.54. The van der Waals surface area contributed by atoms with Crippen molar-refractivity contribution in [1.82, 2.24) is 15.2 Å². The molecule has 1 N–H and O–H groups in total. The van der Waals surface area contributed by atoms with Gasteiger partial charge < -0.3 is 19.7 Å². The molecule has 162 valence electrons. The second-order valence-electron chi connectivity index (χ2n) is 7.60. The fourth-order valence-electron chi connectivity index (χ4n) is 3.70. The summed E-state index contributed by atoms with van der Waals surface area (Å²) in [6.07, 6.45) is 3.07. The second kappa shape index (κ2) is 9.26. The zero-order chi connectivity index (χ0) is 21.8. The van der Waals surface area contributed by atoms with Crippen LogP contribution in [0.4, 0.5) is 21.7 Å². The van der Waals surface area contributed by atoms with Gasteiger partial charge >= 0.3 is 0 Å². The summed E-state index contributed by atoms with van der Waals surface area (Å²) in [6, 6.07) is 11.3. The van der Waals surface area contributed by atoms with Crippen LogP contribution < -0.4 is 15.0 Å². The zero-order valence-electron chi connectivity index (χ0n) is 17.9. The minimum atomic E-state index is -0.452. The number of benzene rings is 1. The van der Waals surface area contributed by atoms with E-state index in [-0.39, 0.29) is 12.2 Å². The van der Waals surface area contributed by atoms with Crippen molar-refractivity contribution in [3.8, 4) is 16.9 Å². The van der Waals surface area contributed by atoms with Crippen LogP contribution in [0.5, 0.6) is 5.75 Å². The summed E-state index contributed by atoms with van der Waals surface area (Å²) in [4.78, 5) is 6.37. The van der Waals surface area contributed by atoms with E-state index in [0.717, 1.165) is 16.9 Å². The maximum Gasteiger partial charge on any atom is 0.165 e. The van der Waals surface area contributed by atoms with Crippen molar-refractivity contribution in [2.75, 3.05) is 29.9 Å². The van der Waals surface area contributed by atoms with Gasteiger partial charge in [-0.2, -0.15) is 5.10 Å². The van der Waals surface area contributed by atoms with Crippen LogP contribution in [0.3, 0.4) is 0 Å². The third kappa shape index (κ3) is 5.08. The molecule has 1 aliphatic heterocycles. The summed E-state index contributed by atoms with van der Waals surface area (Å²) in [7, 11) is 0. The monoisotopic (exact) mass is 423 g/mol. The summed E-state index contributed by atoms with van der Waals surface area (Å²) < 4.78 is 25.8. The van der Waals surface area contributed by atoms with Crippen LogP contribution in [-0.4, -0.2) is 47.1 Å². The average molecular weight is 423 g/mol. The molecule has 2 atom stereocenters. The van der Waals surface area contributed by atoms with Gasteiger partial charge in [-0.15, -0.1) is 5.10 Å². The highest BCUT2D eigenvalue weighted by molar-refractivity contribution is 5.69. The van der Waals surface area contributed by atoms with Crippen LogP contribution in [0.15, 0.2) is 48.8 Å². The van der Waals surface area contributed by atoms with Crippen molar-refractivity contribution in [2.45, 2.75) is 33.0 Å². The molecule has 0 saturated carbocycles. The molecule has 0 radical (unpaired) electrons. The van der Waals surface area contributed by atoms with Crippen LogP contribution in [0.1, 0.15) is 20.8 Å². The first kappa shape index (κ1) is 21.0. The van der Waals surface area contributed by atoms with Crippen LogP contribution >= 0.6 is 0 Å². The molecule has 7 nitrogen and oxygen atoms in total. The van der Waals surface area contributed by atoms with Gasteiger partial charge in [0.15, 0.2) is 11.6 Å². The number of pyridine rings is 1. The Kier molecular flexibility index (Phi) is 6.27. The molecule has 0 amide bonds. The quantitative estimate of drug-likeness (QED) is 0.629. The van der Waals surface area contributed by atoms with Crippen molar-refractivity contribution in [3.63, 3.8) is 0 Å². The third-order valence-electron chi connectivity index (χ3n) is 5.00. The van der Waals surface area contributed by atoms with Gasteiger partial charge in [-0.3, -0.25) is 0 Å². The van der Waals surface area contributed by atoms with Gasteiger partial charge in [-0.1, -0.05) is 12.1 Å². The lowest BCUT2D eigenvalue weighted by molar-refractivity contribution is -0.00546. The Bertz CT molecular complexity index is 1020. The van der Waals surface area contributed by atoms with E-state index in [1.54, 1.807) is 12.3 Å². The summed E-state index contributed by atoms with van der Waals surface area (Å²) in [5.74, 6) is 1.50. The smallest absolute Gasteiger partial charge is 0.165 e. The number of anilines is 3. The number of ether oxygens (including phenoxy) is 2. The first-order chi connectivity index (χ1) is 15.0. The largest absolute Gasteiger partial charge is 0.494 e. The number of nitrogens with one attached hydrogen (secondary N) is 1. The topological polar surface area (TPSA) is 72.4 Å². The lowest BCUT2D eigenvalue weighted by Gasteiger charge is -2.36. The Hall–Kier alpha value is -3.26. The number of hydrogen-bond acceptors (Lipinski definition) is 7. The Morgan fingerprint density at radius 3 is 2.55 bits per heavy atom. The minimum absolute atomic E-state index is 0.0867. The van der Waals surface area contributed by atoms with Crippen LogP contribution in [-0.2, 0) is 4.74 Å². The Morgan fingerprint density at radius 2 is 1.84 bits per heavy atom. The fraction of sp³-hybridized carbons (Fsp3) is 0.348. The van der Waals surface area contributed by atoms with Crippen LogP contribution in [0, 0.1) is 5.82 Å². The molecule has 1 aromatic carbocycles. The van der Waals surface area contributed by atoms with Crippen LogP contribution in [0.25, 0.3) is 11.1 Å². The van der Waals surface area contributed by atoms with Crippen molar-refractivity contribution in [1.29, 1.82) is 0 Å². The first-order valence-corrected chi connectivity index (χ1v) is 10.4. The van der Waals surface area contributed by atoms with Gasteiger partial charge in [0.2, 0.25) is 0 Å². The summed E-state index contributed by atoms with van der Waals surface area (Å²) >= 11 is 0. The molecule has 3 aromatic rings. The number of nitrogens with zero attached hydrogens (tertiary/aromatic N) is 4. The molecule has 4 rings (SSSR count). The molecule has 0 spiro atoms. The maximum absolute atomic E-state index is 14.5. The molecule has 2 aromatic heterocycles. The van der Waals surface area contributed by atoms with E-state index < -0.39 is 5.82 Å². The molecule has 31 heavy (non-hydrogen) atoms. The Morgan fingerprint density at radius 1 is 1.10 bits per heavy atom. The molecule has 1 fully saturated rings. The van der Waals surface area contributed by atoms with Gasteiger partial charge in [-0.25, -0.2) is 9.37 Å². The molecule has 1 saturated heterocycles. The van der Waals surface area contributed by atoms with E-state index in [0.29, 0.717) is 37.0 Å². The van der Waals surface area contributed by atoms with Crippen molar-refractivity contribution >= 4 is 17.3 Å². The standard InChI is InChI=1S/C23H26FN5O2/c1-4-30-19-7-5-17(6-8-19)18-9-22(28-26-11-18)27-21-10-23(25-12-20(21)24)29-13-15(2)31-16(3)14-29/h5-12,15-16H,4,13-14H2,1-3H3,(H,25,27,28)/t15-,16+. The van der Waals surface area contributed by atoms with Gasteiger partial charge in [0.05, 0.1) is 36.9 Å². The first-order valence-electron chi connectivity index (χ1n) is 10.4. The predicted octanol–water partition coefficient (Wildman–Crippen LogP) is 4.43. The summed E-state index contributed by atoms with van der Waals surface area (Å²) in [5, 5.41) is 11.2. The average Bonchev–Trinajstić information content (AvgIpc) is 2.76. The van der Waals surface area contributed by atoms with E-state index in [4.69, 9.17) is 9.47 Å². The maximum atomic E-state index is 14.5. The highest BCUT2D eigenvalue weighted by atomic mass is 19.1. The third-order valence-corrected chi connectivity index (χ3v) is 5.00. The van der Waals surface area contributed by atoms with E-state index >= 15 is 0 Å².